The molecule has 2 aromatic heterocycles. The Balaban J connectivity index is 1.30. The van der Waals surface area contributed by atoms with Gasteiger partial charge in [-0.15, -0.1) is 0 Å². The van der Waals surface area contributed by atoms with E-state index < -0.39 is 10.9 Å². The summed E-state index contributed by atoms with van der Waals surface area (Å²) in [4.78, 5) is 46.2. The summed E-state index contributed by atoms with van der Waals surface area (Å²) in [6, 6.07) is 9.73. The molecule has 0 aliphatic heterocycles. The Kier molecular flexibility index (Phi) is 6.12. The summed E-state index contributed by atoms with van der Waals surface area (Å²) in [6.07, 6.45) is 4.58. The van der Waals surface area contributed by atoms with Crippen molar-refractivity contribution in [1.82, 2.24) is 0 Å². The molecule has 0 saturated heterocycles. The van der Waals surface area contributed by atoms with Crippen molar-refractivity contribution in [3.63, 3.8) is 0 Å². The van der Waals surface area contributed by atoms with E-state index in [-0.39, 0.29) is 21.9 Å². The first-order valence-corrected chi connectivity index (χ1v) is 9.88. The van der Waals surface area contributed by atoms with Crippen LogP contribution in [-0.2, 0) is 0 Å². The van der Waals surface area contributed by atoms with E-state index in [2.05, 4.69) is 0 Å². The zero-order chi connectivity index (χ0) is 22.5. The molecule has 32 heavy (non-hydrogen) atoms. The zero-order valence-corrected chi connectivity index (χ0v) is 16.9. The van der Waals surface area contributed by atoms with Gasteiger partial charge in [0.2, 0.25) is 10.9 Å². The molecule has 0 aliphatic carbocycles. The van der Waals surface area contributed by atoms with Gasteiger partial charge in [0.1, 0.15) is 35.2 Å². The van der Waals surface area contributed by atoms with Gasteiger partial charge in [-0.3, -0.25) is 19.2 Å². The molecule has 0 N–H and O–H groups in total. The third kappa shape index (κ3) is 4.29. The van der Waals surface area contributed by atoms with Crippen molar-refractivity contribution in [3.8, 4) is 11.5 Å². The third-order valence-corrected chi connectivity index (χ3v) is 4.87. The first-order valence-electron chi connectivity index (χ1n) is 9.88. The van der Waals surface area contributed by atoms with Crippen LogP contribution in [0.5, 0.6) is 11.5 Å². The van der Waals surface area contributed by atoms with Gasteiger partial charge < -0.3 is 18.3 Å². The molecule has 0 radical (unpaired) electrons. The van der Waals surface area contributed by atoms with Crippen molar-refractivity contribution in [2.24, 2.45) is 0 Å². The average Bonchev–Trinajstić information content (AvgIpc) is 2.82. The molecule has 0 atom stereocenters. The van der Waals surface area contributed by atoms with Crippen molar-refractivity contribution < 1.29 is 27.9 Å². The van der Waals surface area contributed by atoms with E-state index in [9.17, 15) is 19.2 Å². The summed E-state index contributed by atoms with van der Waals surface area (Å²) >= 11 is 0. The van der Waals surface area contributed by atoms with Gasteiger partial charge in [-0.25, -0.2) is 0 Å². The minimum Gasteiger partial charge on any atom is -0.494 e. The van der Waals surface area contributed by atoms with E-state index in [0.717, 1.165) is 12.5 Å². The van der Waals surface area contributed by atoms with E-state index in [1.54, 1.807) is 36.4 Å². The molecule has 0 bridgehead atoms. The van der Waals surface area contributed by atoms with E-state index in [1.165, 1.54) is 0 Å². The standard InChI is InChI=1S/C24H18O8/c25-11-15-13-31-21-5-3-17(9-19(21)23(15)27)29-7-1-2-8-30-18-4-6-22-20(10-18)24(28)16(12-26)14-32-22/h3-6,9-14H,1-2,7-8H2. The third-order valence-electron chi connectivity index (χ3n) is 4.87. The van der Waals surface area contributed by atoms with E-state index >= 15 is 0 Å². The van der Waals surface area contributed by atoms with E-state index in [1.807, 2.05) is 0 Å². The average molecular weight is 434 g/mol. The van der Waals surface area contributed by atoms with Crippen LogP contribution < -0.4 is 20.3 Å². The largest absolute Gasteiger partial charge is 0.494 e. The highest BCUT2D eigenvalue weighted by atomic mass is 16.5. The monoisotopic (exact) mass is 434 g/mol. The van der Waals surface area contributed by atoms with Crippen molar-refractivity contribution in [2.45, 2.75) is 12.8 Å². The molecule has 162 valence electrons. The number of unbranched alkanes of at least 4 members (excludes halogenated alkanes) is 1. The number of carbonyl (C=O) groups excluding carboxylic acids is 2. The van der Waals surface area contributed by atoms with Gasteiger partial charge in [-0.05, 0) is 49.2 Å². The van der Waals surface area contributed by atoms with Crippen LogP contribution in [0.15, 0.2) is 67.3 Å². The molecule has 2 heterocycles. The molecule has 0 aliphatic rings. The highest BCUT2D eigenvalue weighted by Gasteiger charge is 2.09. The lowest BCUT2D eigenvalue weighted by atomic mass is 10.2. The number of carbonyl (C=O) groups is 2. The van der Waals surface area contributed by atoms with E-state index in [4.69, 9.17) is 18.3 Å². The highest BCUT2D eigenvalue weighted by molar-refractivity contribution is 5.85. The SMILES string of the molecule is O=Cc1coc2ccc(OCCCCOc3ccc4occ(C=O)c(=O)c4c3)cc2c1=O. The van der Waals surface area contributed by atoms with Gasteiger partial charge in [-0.1, -0.05) is 0 Å². The minimum atomic E-state index is -0.398. The maximum atomic E-state index is 12.2. The number of hydrogen-bond acceptors (Lipinski definition) is 8. The molecule has 0 saturated carbocycles. The Hall–Kier alpha value is -4.20. The maximum absolute atomic E-state index is 12.2. The fourth-order valence-corrected chi connectivity index (χ4v) is 3.18. The molecular weight excluding hydrogens is 416 g/mol. The van der Waals surface area contributed by atoms with Crippen LogP contribution in [0.1, 0.15) is 33.6 Å². The zero-order valence-electron chi connectivity index (χ0n) is 16.9. The van der Waals surface area contributed by atoms with Gasteiger partial charge >= 0.3 is 0 Å². The summed E-state index contributed by atoms with van der Waals surface area (Å²) in [6.45, 7) is 0.801. The quantitative estimate of drug-likeness (QED) is 0.289. The lowest BCUT2D eigenvalue weighted by Gasteiger charge is -2.09. The van der Waals surface area contributed by atoms with Gasteiger partial charge in [0, 0.05) is 0 Å². The lowest BCUT2D eigenvalue weighted by molar-refractivity contribution is 0.111. The summed E-state index contributed by atoms with van der Waals surface area (Å²) in [5.41, 5.74) is -0.118. The molecule has 0 fully saturated rings. The van der Waals surface area contributed by atoms with Crippen molar-refractivity contribution in [1.29, 1.82) is 0 Å². The molecule has 2 aromatic carbocycles. The van der Waals surface area contributed by atoms with Gasteiger partial charge in [0.05, 0.1) is 35.1 Å². The van der Waals surface area contributed by atoms with Crippen LogP contribution in [0.2, 0.25) is 0 Å². The summed E-state index contributed by atoms with van der Waals surface area (Å²) in [5, 5.41) is 0.572. The minimum absolute atomic E-state index is 0.0411. The number of rotatable bonds is 9. The Bertz CT molecular complexity index is 1300. The predicted octanol–water partition coefficient (Wildman–Crippen LogP) is 3.76. The number of fused-ring (bicyclic) bond motifs is 2. The second-order valence-electron chi connectivity index (χ2n) is 7.00. The van der Waals surface area contributed by atoms with Crippen LogP contribution in [0, 0.1) is 0 Å². The highest BCUT2D eigenvalue weighted by Crippen LogP contribution is 2.20. The van der Waals surface area contributed by atoms with E-state index in [0.29, 0.717) is 61.3 Å². The summed E-state index contributed by atoms with van der Waals surface area (Å²) in [7, 11) is 0. The van der Waals surface area contributed by atoms with Crippen LogP contribution in [0.25, 0.3) is 21.9 Å². The van der Waals surface area contributed by atoms with Crippen molar-refractivity contribution in [2.75, 3.05) is 13.2 Å². The molecule has 4 rings (SSSR count). The number of hydrogen-bond donors (Lipinski definition) is 0. The normalized spacial score (nSPS) is 10.9. The van der Waals surface area contributed by atoms with Crippen LogP contribution >= 0.6 is 0 Å². The fourth-order valence-electron chi connectivity index (χ4n) is 3.18. The van der Waals surface area contributed by atoms with Crippen molar-refractivity contribution in [3.05, 3.63) is 80.5 Å². The number of ether oxygens (including phenoxy) is 2. The smallest absolute Gasteiger partial charge is 0.203 e. The van der Waals surface area contributed by atoms with Crippen LogP contribution in [0.3, 0.4) is 0 Å². The Morgan fingerprint density at radius 2 is 1.12 bits per heavy atom. The molecule has 0 unspecified atom stereocenters. The Morgan fingerprint density at radius 1 is 0.688 bits per heavy atom. The topological polar surface area (TPSA) is 113 Å². The molecule has 0 spiro atoms. The van der Waals surface area contributed by atoms with Crippen LogP contribution in [0.4, 0.5) is 0 Å². The molecule has 0 amide bonds. The lowest BCUT2D eigenvalue weighted by Crippen LogP contribution is -2.08. The maximum Gasteiger partial charge on any atom is 0.203 e. The van der Waals surface area contributed by atoms with Crippen molar-refractivity contribution >= 4 is 34.5 Å². The van der Waals surface area contributed by atoms with Crippen LogP contribution in [-0.4, -0.2) is 25.8 Å². The molecule has 8 nitrogen and oxygen atoms in total. The fraction of sp³-hybridized carbons (Fsp3) is 0.167. The Labute approximate surface area is 181 Å². The van der Waals surface area contributed by atoms with Gasteiger partial charge in [0.25, 0.3) is 0 Å². The Morgan fingerprint density at radius 3 is 1.53 bits per heavy atom. The first kappa shape index (κ1) is 21.0. The number of benzene rings is 2. The summed E-state index contributed by atoms with van der Waals surface area (Å²) in [5.74, 6) is 1.00. The summed E-state index contributed by atoms with van der Waals surface area (Å²) < 4.78 is 21.9. The molecule has 4 aromatic rings. The second kappa shape index (κ2) is 9.30. The van der Waals surface area contributed by atoms with Gasteiger partial charge in [-0.2, -0.15) is 0 Å². The first-order chi connectivity index (χ1) is 15.6. The second-order valence-corrected chi connectivity index (χ2v) is 7.00. The van der Waals surface area contributed by atoms with Gasteiger partial charge in [0.15, 0.2) is 12.6 Å². The number of aldehydes is 2. The molecular formula is C24H18O8. The molecule has 8 heteroatoms. The predicted molar refractivity (Wildman–Crippen MR) is 116 cm³/mol.